The molecule has 0 spiro atoms. The topological polar surface area (TPSA) is 146 Å². The molecule has 5 N–H and O–H groups in total. The molecule has 0 unspecified atom stereocenters. The van der Waals surface area contributed by atoms with Crippen LogP contribution in [-0.4, -0.2) is 46.4 Å². The van der Waals surface area contributed by atoms with Gasteiger partial charge in [-0.15, -0.1) is 4.99 Å². The van der Waals surface area contributed by atoms with Gasteiger partial charge in [0.25, 0.3) is 5.91 Å². The number of hydrogen-bond acceptors (Lipinski definition) is 6. The first-order chi connectivity index (χ1) is 14.4. The van der Waals surface area contributed by atoms with E-state index < -0.39 is 23.0 Å². The minimum atomic E-state index is -0.901. The molecule has 1 saturated heterocycles. The molecule has 1 aliphatic rings. The van der Waals surface area contributed by atoms with E-state index in [1.54, 1.807) is 11.1 Å². The van der Waals surface area contributed by atoms with E-state index in [-0.39, 0.29) is 29.6 Å². The second kappa shape index (κ2) is 8.69. The summed E-state index contributed by atoms with van der Waals surface area (Å²) in [7, 11) is 0. The second-order valence-corrected chi connectivity index (χ2v) is 6.93. The third-order valence-corrected chi connectivity index (χ3v) is 5.24. The monoisotopic (exact) mass is 414 g/mol. The van der Waals surface area contributed by atoms with Crippen molar-refractivity contribution in [1.82, 2.24) is 20.2 Å². The zero-order chi connectivity index (χ0) is 21.7. The molecule has 2 heterocycles. The Kier molecular flexibility index (Phi) is 6.06. The molecular weight excluding hydrogens is 394 g/mol. The molecule has 1 aromatic carbocycles. The predicted molar refractivity (Wildman–Crippen MR) is 105 cm³/mol. The van der Waals surface area contributed by atoms with E-state index in [1.807, 2.05) is 0 Å². The predicted octanol–water partition coefficient (Wildman–Crippen LogP) is 0.896. The fourth-order valence-corrected chi connectivity index (χ4v) is 3.59. The summed E-state index contributed by atoms with van der Waals surface area (Å²) in [6, 6.07) is 3.24. The summed E-state index contributed by atoms with van der Waals surface area (Å²) in [5.41, 5.74) is 10.7. The van der Waals surface area contributed by atoms with Gasteiger partial charge in [-0.1, -0.05) is 0 Å². The third-order valence-electron chi connectivity index (χ3n) is 5.24. The number of nitriles is 1. The molecule has 0 aliphatic carbocycles. The Labute approximate surface area is 171 Å². The number of nitrogen functional groups attached to an aromatic ring is 1. The van der Waals surface area contributed by atoms with Gasteiger partial charge in [-0.05, 0) is 36.6 Å². The highest BCUT2D eigenvalue weighted by atomic mass is 19.1. The number of likely N-dealkylation sites (tertiary alicyclic amines) is 1. The lowest BCUT2D eigenvalue weighted by molar-refractivity contribution is 0.0926. The first-order valence-corrected chi connectivity index (χ1v) is 9.14. The van der Waals surface area contributed by atoms with Gasteiger partial charge in [0.1, 0.15) is 11.6 Å². The van der Waals surface area contributed by atoms with Crippen molar-refractivity contribution in [3.05, 3.63) is 53.5 Å². The van der Waals surface area contributed by atoms with Crippen LogP contribution in [0.4, 0.5) is 14.6 Å². The molecule has 2 aromatic rings. The summed E-state index contributed by atoms with van der Waals surface area (Å²) < 4.78 is 28.6. The van der Waals surface area contributed by atoms with Crippen LogP contribution in [0.15, 0.2) is 35.6 Å². The number of nitrogens with two attached hydrogens (primary N) is 2. The van der Waals surface area contributed by atoms with Gasteiger partial charge in [0.2, 0.25) is 12.2 Å². The van der Waals surface area contributed by atoms with E-state index >= 15 is 0 Å². The van der Waals surface area contributed by atoms with E-state index in [0.717, 1.165) is 18.2 Å². The van der Waals surface area contributed by atoms with Crippen molar-refractivity contribution in [2.75, 3.05) is 25.4 Å². The molecule has 11 heteroatoms. The lowest BCUT2D eigenvalue weighted by atomic mass is 9.72. The normalized spacial score (nSPS) is 16.0. The summed E-state index contributed by atoms with van der Waals surface area (Å²) in [5, 5.41) is 11.4. The highest BCUT2D eigenvalue weighted by Crippen LogP contribution is 2.37. The van der Waals surface area contributed by atoms with Crippen LogP contribution in [0.1, 0.15) is 28.9 Å². The van der Waals surface area contributed by atoms with Gasteiger partial charge in [0, 0.05) is 37.4 Å². The first-order valence-electron chi connectivity index (χ1n) is 9.14. The largest absolute Gasteiger partial charge is 0.382 e. The first kappa shape index (κ1) is 20.9. The van der Waals surface area contributed by atoms with Crippen LogP contribution in [0.25, 0.3) is 0 Å². The Hall–Kier alpha value is -3.81. The quantitative estimate of drug-likeness (QED) is 0.383. The maximum absolute atomic E-state index is 14.7. The van der Waals surface area contributed by atoms with E-state index in [0.29, 0.717) is 25.9 Å². The van der Waals surface area contributed by atoms with Gasteiger partial charge in [-0.3, -0.25) is 4.79 Å². The number of halogens is 2. The Bertz CT molecular complexity index is 1010. The summed E-state index contributed by atoms with van der Waals surface area (Å²) in [4.78, 5) is 25.5. The highest BCUT2D eigenvalue weighted by molar-refractivity contribution is 5.96. The average Bonchev–Trinajstić information content (AvgIpc) is 2.74. The van der Waals surface area contributed by atoms with Crippen molar-refractivity contribution in [2.24, 2.45) is 10.7 Å². The Morgan fingerprint density at radius 3 is 2.67 bits per heavy atom. The molecule has 0 radical (unpaired) electrons. The number of benzene rings is 1. The zero-order valence-corrected chi connectivity index (χ0v) is 16.0. The minimum Gasteiger partial charge on any atom is -0.382 e. The van der Waals surface area contributed by atoms with E-state index in [9.17, 15) is 13.6 Å². The number of nitrogens with zero attached hydrogens (tertiary/aromatic N) is 5. The summed E-state index contributed by atoms with van der Waals surface area (Å²) >= 11 is 0. The summed E-state index contributed by atoms with van der Waals surface area (Å²) in [6.45, 7) is 0.706. The zero-order valence-electron chi connectivity index (χ0n) is 16.0. The number of piperidine rings is 1. The maximum Gasteiger partial charge on any atom is 0.273 e. The number of aliphatic imine (C=N–C) groups is 1. The number of hydrogen-bond donors (Lipinski definition) is 3. The number of amides is 1. The van der Waals surface area contributed by atoms with Gasteiger partial charge in [-0.25, -0.2) is 18.7 Å². The van der Waals surface area contributed by atoms with E-state index in [1.165, 1.54) is 12.4 Å². The highest BCUT2D eigenvalue weighted by Gasteiger charge is 2.39. The number of carbonyl (C=O) groups excluding carboxylic acids is 1. The van der Waals surface area contributed by atoms with Crippen LogP contribution in [0.3, 0.4) is 0 Å². The number of nitrogens with one attached hydrogen (secondary N) is 1. The van der Waals surface area contributed by atoms with Crippen LogP contribution in [0.2, 0.25) is 0 Å². The number of guanidine groups is 1. The van der Waals surface area contributed by atoms with Crippen molar-refractivity contribution in [1.29, 1.82) is 5.26 Å². The van der Waals surface area contributed by atoms with Gasteiger partial charge in [-0.2, -0.15) is 5.26 Å². The molecule has 1 fully saturated rings. The molecule has 0 saturated carbocycles. The van der Waals surface area contributed by atoms with Crippen molar-refractivity contribution in [3.63, 3.8) is 0 Å². The van der Waals surface area contributed by atoms with Gasteiger partial charge in [0.15, 0.2) is 11.5 Å². The Morgan fingerprint density at radius 2 is 2.00 bits per heavy atom. The van der Waals surface area contributed by atoms with E-state index in [4.69, 9.17) is 16.7 Å². The SMILES string of the molecule is N#CN=C(N)N1CCC(CNC(=O)c2nccnc2N)(c2cc(F)ccc2F)CC1. The van der Waals surface area contributed by atoms with Crippen LogP contribution in [0.5, 0.6) is 0 Å². The van der Waals surface area contributed by atoms with Crippen molar-refractivity contribution < 1.29 is 13.6 Å². The number of anilines is 1. The van der Waals surface area contributed by atoms with Crippen molar-refractivity contribution in [2.45, 2.75) is 18.3 Å². The summed E-state index contributed by atoms with van der Waals surface area (Å²) in [5.74, 6) is -1.69. The fraction of sp³-hybridized carbons (Fsp3) is 0.316. The lowest BCUT2D eigenvalue weighted by Crippen LogP contribution is -2.52. The Balaban J connectivity index is 1.87. The van der Waals surface area contributed by atoms with E-state index in [2.05, 4.69) is 20.3 Å². The molecule has 0 bridgehead atoms. The maximum atomic E-state index is 14.7. The standard InChI is InChI=1S/C19H20F2N8O/c20-12-1-2-14(21)13(9-12)19(3-7-29(8-4-19)18(24)28-11-22)10-27-17(30)15-16(23)26-6-5-25-15/h1-2,5-6,9H,3-4,7-8,10H2,(H2,23,26)(H2,24,28)(H,27,30). The minimum absolute atomic E-state index is 0.0192. The van der Waals surface area contributed by atoms with Crippen LogP contribution in [-0.2, 0) is 5.41 Å². The van der Waals surface area contributed by atoms with Gasteiger partial charge >= 0.3 is 0 Å². The third kappa shape index (κ3) is 4.27. The molecule has 1 aromatic heterocycles. The van der Waals surface area contributed by atoms with Crippen LogP contribution < -0.4 is 16.8 Å². The number of rotatable bonds is 4. The molecule has 1 amide bonds. The molecule has 156 valence electrons. The lowest BCUT2D eigenvalue weighted by Gasteiger charge is -2.42. The molecule has 30 heavy (non-hydrogen) atoms. The molecule has 3 rings (SSSR count). The molecule has 9 nitrogen and oxygen atoms in total. The smallest absolute Gasteiger partial charge is 0.273 e. The number of aromatic nitrogens is 2. The van der Waals surface area contributed by atoms with Crippen LogP contribution >= 0.6 is 0 Å². The molecular formula is C19H20F2N8O. The molecule has 0 atom stereocenters. The van der Waals surface area contributed by atoms with Gasteiger partial charge < -0.3 is 21.7 Å². The molecule has 1 aliphatic heterocycles. The fourth-order valence-electron chi connectivity index (χ4n) is 3.59. The number of carbonyl (C=O) groups is 1. The van der Waals surface area contributed by atoms with Crippen molar-refractivity contribution in [3.8, 4) is 6.19 Å². The van der Waals surface area contributed by atoms with Crippen molar-refractivity contribution >= 4 is 17.7 Å². The van der Waals surface area contributed by atoms with Crippen LogP contribution in [0, 0.1) is 23.1 Å². The van der Waals surface area contributed by atoms with Gasteiger partial charge in [0.05, 0.1) is 0 Å². The second-order valence-electron chi connectivity index (χ2n) is 6.93. The summed E-state index contributed by atoms with van der Waals surface area (Å²) in [6.07, 6.45) is 5.00. The average molecular weight is 414 g/mol. The Morgan fingerprint density at radius 1 is 1.30 bits per heavy atom.